The summed E-state index contributed by atoms with van der Waals surface area (Å²) in [5, 5.41) is 3.01. The van der Waals surface area contributed by atoms with E-state index in [1.165, 1.54) is 11.8 Å². The summed E-state index contributed by atoms with van der Waals surface area (Å²) in [6.45, 7) is 10.5. The van der Waals surface area contributed by atoms with Gasteiger partial charge in [-0.25, -0.2) is 0 Å². The van der Waals surface area contributed by atoms with E-state index >= 15 is 0 Å². The van der Waals surface area contributed by atoms with Crippen LogP contribution in [0.1, 0.15) is 19.8 Å². The summed E-state index contributed by atoms with van der Waals surface area (Å²) in [7, 11) is 2.19. The average Bonchev–Trinajstić information content (AvgIpc) is 2.71. The standard InChI is InChI=1S/C22H35N5O2S/c1-22(17-27-13-11-25(2)12-14-27)7-9-26(10-8-22)15-21(29)24-18-5-3-4-6-19(18)30-16-20(23)28/h3-6H,7-17H2,1-2H3,(H2,23,28)(H,24,29). The lowest BCUT2D eigenvalue weighted by Crippen LogP contribution is -2.51. The molecule has 0 spiro atoms. The van der Waals surface area contributed by atoms with Gasteiger partial charge in [0, 0.05) is 37.6 Å². The van der Waals surface area contributed by atoms with Crippen molar-refractivity contribution < 1.29 is 9.59 Å². The predicted molar refractivity (Wildman–Crippen MR) is 123 cm³/mol. The highest BCUT2D eigenvalue weighted by molar-refractivity contribution is 8.00. The minimum atomic E-state index is -0.367. The molecule has 0 aromatic heterocycles. The van der Waals surface area contributed by atoms with Gasteiger partial charge >= 0.3 is 0 Å². The second-order valence-corrected chi connectivity index (χ2v) is 9.98. The van der Waals surface area contributed by atoms with Gasteiger partial charge in [-0.2, -0.15) is 0 Å². The zero-order valence-corrected chi connectivity index (χ0v) is 19.0. The molecule has 8 heteroatoms. The molecule has 2 amide bonds. The molecular weight excluding hydrogens is 398 g/mol. The van der Waals surface area contributed by atoms with Gasteiger partial charge in [0.1, 0.15) is 0 Å². The van der Waals surface area contributed by atoms with E-state index in [0.717, 1.165) is 69.2 Å². The van der Waals surface area contributed by atoms with Crippen LogP contribution >= 0.6 is 11.8 Å². The number of hydrogen-bond acceptors (Lipinski definition) is 6. The zero-order valence-electron chi connectivity index (χ0n) is 18.2. The first kappa shape index (κ1) is 23.1. The second-order valence-electron chi connectivity index (χ2n) is 8.97. The number of amides is 2. The minimum absolute atomic E-state index is 0.00945. The lowest BCUT2D eigenvalue weighted by Gasteiger charge is -2.43. The van der Waals surface area contributed by atoms with Crippen molar-refractivity contribution in [1.82, 2.24) is 14.7 Å². The highest BCUT2D eigenvalue weighted by Crippen LogP contribution is 2.32. The Balaban J connectivity index is 1.45. The van der Waals surface area contributed by atoms with Crippen LogP contribution in [0.3, 0.4) is 0 Å². The number of rotatable bonds is 8. The first-order chi connectivity index (χ1) is 14.3. The van der Waals surface area contributed by atoms with E-state index < -0.39 is 0 Å². The van der Waals surface area contributed by atoms with E-state index in [-0.39, 0.29) is 17.6 Å². The molecule has 0 aliphatic carbocycles. The monoisotopic (exact) mass is 433 g/mol. The largest absolute Gasteiger partial charge is 0.369 e. The van der Waals surface area contributed by atoms with Crippen molar-refractivity contribution in [3.8, 4) is 0 Å². The number of nitrogens with one attached hydrogen (secondary N) is 1. The maximum atomic E-state index is 12.6. The maximum absolute atomic E-state index is 12.6. The quantitative estimate of drug-likeness (QED) is 0.606. The van der Waals surface area contributed by atoms with E-state index in [1.807, 2.05) is 24.3 Å². The number of likely N-dealkylation sites (N-methyl/N-ethyl adjacent to an activating group) is 1. The number of anilines is 1. The van der Waals surface area contributed by atoms with Gasteiger partial charge in [0.2, 0.25) is 11.8 Å². The number of primary amides is 1. The first-order valence-corrected chi connectivity index (χ1v) is 11.7. The Morgan fingerprint density at radius 1 is 1.07 bits per heavy atom. The number of piperazine rings is 1. The molecule has 2 saturated heterocycles. The van der Waals surface area contributed by atoms with Crippen LogP contribution in [0.4, 0.5) is 5.69 Å². The van der Waals surface area contributed by atoms with Gasteiger partial charge in [0.25, 0.3) is 0 Å². The fourth-order valence-corrected chi connectivity index (χ4v) is 4.94. The lowest BCUT2D eigenvalue weighted by atomic mass is 9.79. The molecule has 30 heavy (non-hydrogen) atoms. The Bertz CT molecular complexity index is 728. The number of para-hydroxylation sites is 1. The van der Waals surface area contributed by atoms with E-state index in [1.54, 1.807) is 0 Å². The van der Waals surface area contributed by atoms with Crippen molar-refractivity contribution in [3.63, 3.8) is 0 Å². The smallest absolute Gasteiger partial charge is 0.238 e. The van der Waals surface area contributed by atoms with Crippen molar-refractivity contribution in [1.29, 1.82) is 0 Å². The molecule has 3 N–H and O–H groups in total. The molecule has 1 aromatic rings. The third-order valence-electron chi connectivity index (χ3n) is 6.16. The number of likely N-dealkylation sites (tertiary alicyclic amines) is 1. The third-order valence-corrected chi connectivity index (χ3v) is 7.26. The highest BCUT2D eigenvalue weighted by Gasteiger charge is 2.33. The predicted octanol–water partition coefficient (Wildman–Crippen LogP) is 1.55. The molecule has 0 bridgehead atoms. The number of carbonyl (C=O) groups excluding carboxylic acids is 2. The molecule has 7 nitrogen and oxygen atoms in total. The summed E-state index contributed by atoms with van der Waals surface area (Å²) in [6, 6.07) is 7.54. The lowest BCUT2D eigenvalue weighted by molar-refractivity contribution is -0.118. The van der Waals surface area contributed by atoms with Gasteiger partial charge in [-0.3, -0.25) is 14.5 Å². The summed E-state index contributed by atoms with van der Waals surface area (Å²) in [5.74, 6) is -0.177. The summed E-state index contributed by atoms with van der Waals surface area (Å²) in [6.07, 6.45) is 2.25. The second kappa shape index (κ2) is 10.6. The van der Waals surface area contributed by atoms with Crippen molar-refractivity contribution in [2.24, 2.45) is 11.1 Å². The van der Waals surface area contributed by atoms with Crippen molar-refractivity contribution in [3.05, 3.63) is 24.3 Å². The van der Waals surface area contributed by atoms with Gasteiger partial charge in [-0.15, -0.1) is 11.8 Å². The first-order valence-electron chi connectivity index (χ1n) is 10.8. The molecule has 1 aromatic carbocycles. The van der Waals surface area contributed by atoms with Crippen molar-refractivity contribution >= 4 is 29.3 Å². The van der Waals surface area contributed by atoms with Crippen LogP contribution in [-0.4, -0.2) is 91.7 Å². The number of nitrogens with two attached hydrogens (primary N) is 1. The Kier molecular flexibility index (Phi) is 8.16. The maximum Gasteiger partial charge on any atom is 0.238 e. The molecule has 2 heterocycles. The Morgan fingerprint density at radius 3 is 2.40 bits per heavy atom. The van der Waals surface area contributed by atoms with Crippen LogP contribution in [0.2, 0.25) is 0 Å². The molecule has 2 aliphatic heterocycles. The highest BCUT2D eigenvalue weighted by atomic mass is 32.2. The van der Waals surface area contributed by atoms with E-state index in [2.05, 4.69) is 34.0 Å². The number of piperidine rings is 1. The molecule has 0 unspecified atom stereocenters. The average molecular weight is 434 g/mol. The molecule has 2 aliphatic rings. The number of thioether (sulfide) groups is 1. The van der Waals surface area contributed by atoms with Gasteiger partial charge in [-0.05, 0) is 50.5 Å². The number of benzene rings is 1. The van der Waals surface area contributed by atoms with Gasteiger partial charge in [0.05, 0.1) is 18.0 Å². The molecule has 2 fully saturated rings. The van der Waals surface area contributed by atoms with E-state index in [0.29, 0.717) is 12.0 Å². The van der Waals surface area contributed by atoms with Crippen LogP contribution < -0.4 is 11.1 Å². The SMILES string of the molecule is CN1CCN(CC2(C)CCN(CC(=O)Nc3ccccc3SCC(N)=O)CC2)CC1. The van der Waals surface area contributed by atoms with Crippen LogP contribution in [-0.2, 0) is 9.59 Å². The Labute approximate surface area is 184 Å². The van der Waals surface area contributed by atoms with Crippen LogP contribution in [0.25, 0.3) is 0 Å². The third kappa shape index (κ3) is 6.97. The number of hydrogen-bond donors (Lipinski definition) is 2. The van der Waals surface area contributed by atoms with Gasteiger partial charge < -0.3 is 20.9 Å². The minimum Gasteiger partial charge on any atom is -0.369 e. The molecule has 0 radical (unpaired) electrons. The van der Waals surface area contributed by atoms with Gasteiger partial charge in [0.15, 0.2) is 0 Å². The summed E-state index contributed by atoms with van der Waals surface area (Å²) in [4.78, 5) is 31.8. The molecule has 0 saturated carbocycles. The van der Waals surface area contributed by atoms with Crippen LogP contribution in [0.15, 0.2) is 29.2 Å². The normalized spacial score (nSPS) is 20.7. The van der Waals surface area contributed by atoms with Crippen molar-refractivity contribution in [2.75, 3.05) is 70.5 Å². The summed E-state index contributed by atoms with van der Waals surface area (Å²) >= 11 is 1.35. The Hall–Kier alpha value is -1.61. The van der Waals surface area contributed by atoms with Crippen LogP contribution in [0, 0.1) is 5.41 Å². The topological polar surface area (TPSA) is 81.9 Å². The zero-order chi connectivity index (χ0) is 21.6. The number of carbonyl (C=O) groups is 2. The fraction of sp³-hybridized carbons (Fsp3) is 0.636. The van der Waals surface area contributed by atoms with E-state index in [9.17, 15) is 9.59 Å². The van der Waals surface area contributed by atoms with Crippen LogP contribution in [0.5, 0.6) is 0 Å². The van der Waals surface area contributed by atoms with Crippen molar-refractivity contribution in [2.45, 2.75) is 24.7 Å². The Morgan fingerprint density at radius 2 is 1.73 bits per heavy atom. The molecule has 166 valence electrons. The fourth-order valence-electron chi connectivity index (χ4n) is 4.19. The van der Waals surface area contributed by atoms with E-state index in [4.69, 9.17) is 5.73 Å². The molecular formula is C22H35N5O2S. The molecule has 0 atom stereocenters. The van der Waals surface area contributed by atoms with Gasteiger partial charge in [-0.1, -0.05) is 19.1 Å². The number of nitrogens with zero attached hydrogens (tertiary/aromatic N) is 3. The summed E-state index contributed by atoms with van der Waals surface area (Å²) in [5.41, 5.74) is 6.32. The molecule has 3 rings (SSSR count). The summed E-state index contributed by atoms with van der Waals surface area (Å²) < 4.78 is 0.